The fourth-order valence-corrected chi connectivity index (χ4v) is 7.69. The molecule has 12 nitrogen and oxygen atoms in total. The molecule has 6 atom stereocenters. The Balaban J connectivity index is 2.41. The van der Waals surface area contributed by atoms with E-state index in [0.29, 0.717) is 12.8 Å². The number of carbonyl (C=O) groups is 2. The highest BCUT2D eigenvalue weighted by Gasteiger charge is 2.46. The Morgan fingerprint density at radius 3 is 1.52 bits per heavy atom. The van der Waals surface area contributed by atoms with E-state index in [0.717, 1.165) is 70.6 Å². The average molecular weight is 873 g/mol. The van der Waals surface area contributed by atoms with Crippen LogP contribution in [0.3, 0.4) is 0 Å². The maximum atomic E-state index is 12.8. The normalized spacial score (nSPS) is 20.4. The molecule has 0 bridgehead atoms. The summed E-state index contributed by atoms with van der Waals surface area (Å²) < 4.78 is 54.1. The highest BCUT2D eigenvalue weighted by molar-refractivity contribution is 7.85. The minimum atomic E-state index is -4.60. The molecule has 0 aliphatic carbocycles. The van der Waals surface area contributed by atoms with Gasteiger partial charge in [-0.15, -0.1) is 0 Å². The lowest BCUT2D eigenvalue weighted by Gasteiger charge is -2.40. The Bertz CT molecular complexity index is 1250. The van der Waals surface area contributed by atoms with Crippen LogP contribution in [0.15, 0.2) is 36.5 Å². The number of unbranched alkanes of at least 4 members (excludes halogenated alkanes) is 21. The number of rotatable bonds is 39. The smallest absolute Gasteiger partial charge is 0.306 e. The third-order valence-electron chi connectivity index (χ3n) is 10.7. The van der Waals surface area contributed by atoms with Crippen LogP contribution in [0.5, 0.6) is 0 Å². The van der Waals surface area contributed by atoms with Gasteiger partial charge in [0.1, 0.15) is 36.8 Å². The molecule has 60 heavy (non-hydrogen) atoms. The highest BCUT2D eigenvalue weighted by atomic mass is 32.2. The molecule has 2 unspecified atom stereocenters. The van der Waals surface area contributed by atoms with Crippen molar-refractivity contribution in [3.63, 3.8) is 0 Å². The quantitative estimate of drug-likeness (QED) is 0.0199. The Kier molecular flexibility index (Phi) is 34.9. The van der Waals surface area contributed by atoms with Crippen LogP contribution in [-0.2, 0) is 38.7 Å². The van der Waals surface area contributed by atoms with Gasteiger partial charge in [0, 0.05) is 12.8 Å². The zero-order valence-electron chi connectivity index (χ0n) is 37.3. The number of carbonyl (C=O) groups excluding carboxylic acids is 2. The summed E-state index contributed by atoms with van der Waals surface area (Å²) in [6.07, 6.45) is 33.3. The van der Waals surface area contributed by atoms with E-state index < -0.39 is 71.2 Å². The molecule has 1 fully saturated rings. The third kappa shape index (κ3) is 31.7. The van der Waals surface area contributed by atoms with E-state index in [-0.39, 0.29) is 19.4 Å². The molecule has 1 saturated heterocycles. The van der Waals surface area contributed by atoms with E-state index >= 15 is 0 Å². The lowest BCUT2D eigenvalue weighted by molar-refractivity contribution is -0.297. The van der Waals surface area contributed by atoms with Crippen molar-refractivity contribution in [1.82, 2.24) is 0 Å². The standard InChI is InChI=1S/C47H84O12S/c1-3-5-7-9-11-13-15-17-18-19-20-21-22-24-25-27-29-31-33-35-42(48)56-37-40(38-57-47-46(52)45(51)44(50)41(59-47)39-60(53,54)55)58-43(49)36-34-32-30-28-26-23-16-14-12-10-8-6-4-2/h11,13-14,16-18,40-41,44-47,50-52H,3-10,12,15,19-39H2,1-2H3,(H,53,54,55)/b13-11+,16-14+,18-17+/t40-,41-,44-,45?,46?,47+/m1/s1. The van der Waals surface area contributed by atoms with Crippen molar-refractivity contribution in [3.05, 3.63) is 36.5 Å². The van der Waals surface area contributed by atoms with Gasteiger partial charge in [-0.1, -0.05) is 147 Å². The third-order valence-corrected chi connectivity index (χ3v) is 11.4. The van der Waals surface area contributed by atoms with Crippen molar-refractivity contribution < 1.29 is 56.8 Å². The molecule has 0 spiro atoms. The summed E-state index contributed by atoms with van der Waals surface area (Å²) in [7, 11) is -4.60. The predicted octanol–water partition coefficient (Wildman–Crippen LogP) is 9.78. The highest BCUT2D eigenvalue weighted by Crippen LogP contribution is 2.24. The van der Waals surface area contributed by atoms with Crippen molar-refractivity contribution in [2.45, 2.75) is 230 Å². The maximum Gasteiger partial charge on any atom is 0.306 e. The number of ether oxygens (including phenoxy) is 4. The van der Waals surface area contributed by atoms with E-state index in [1.54, 1.807) is 0 Å². The molecule has 1 aliphatic rings. The molecular weight excluding hydrogens is 789 g/mol. The number of esters is 2. The van der Waals surface area contributed by atoms with Gasteiger partial charge in [-0.05, 0) is 70.6 Å². The van der Waals surface area contributed by atoms with Crippen molar-refractivity contribution in [2.24, 2.45) is 0 Å². The number of hydrogen-bond acceptors (Lipinski definition) is 11. The fourth-order valence-electron chi connectivity index (χ4n) is 7.00. The van der Waals surface area contributed by atoms with Gasteiger partial charge in [-0.3, -0.25) is 14.1 Å². The first-order valence-corrected chi connectivity index (χ1v) is 25.2. The van der Waals surface area contributed by atoms with Gasteiger partial charge in [0.05, 0.1) is 6.61 Å². The second-order valence-corrected chi connectivity index (χ2v) is 17.9. The van der Waals surface area contributed by atoms with E-state index in [1.807, 2.05) is 0 Å². The molecule has 0 radical (unpaired) electrons. The lowest BCUT2D eigenvalue weighted by Crippen LogP contribution is -2.60. The first kappa shape index (κ1) is 55.9. The molecule has 0 aromatic carbocycles. The average Bonchev–Trinajstić information content (AvgIpc) is 3.21. The van der Waals surface area contributed by atoms with Crippen LogP contribution in [0.1, 0.15) is 194 Å². The minimum absolute atomic E-state index is 0.153. The van der Waals surface area contributed by atoms with Gasteiger partial charge >= 0.3 is 11.9 Å². The summed E-state index contributed by atoms with van der Waals surface area (Å²) in [5.41, 5.74) is 0. The predicted molar refractivity (Wildman–Crippen MR) is 238 cm³/mol. The molecule has 1 rings (SSSR count). The van der Waals surface area contributed by atoms with Crippen LogP contribution in [0, 0.1) is 0 Å². The Morgan fingerprint density at radius 2 is 1.00 bits per heavy atom. The SMILES string of the molecule is CCCCC/C=C/C/C=C/CCCCCCCCCCCC(=O)OC[C@H](CO[C@H]1O[C@H](CS(=O)(=O)O)[C@@H](O)C(O)C1O)OC(=O)CCCCCCC/C=C/CCCCCC. The first-order chi connectivity index (χ1) is 29.0. The van der Waals surface area contributed by atoms with Crippen LogP contribution in [0.4, 0.5) is 0 Å². The summed E-state index contributed by atoms with van der Waals surface area (Å²) in [6.45, 7) is 3.71. The topological polar surface area (TPSA) is 186 Å². The lowest BCUT2D eigenvalue weighted by atomic mass is 10.00. The Morgan fingerprint density at radius 1 is 0.567 bits per heavy atom. The van der Waals surface area contributed by atoms with Crippen molar-refractivity contribution >= 4 is 22.1 Å². The van der Waals surface area contributed by atoms with E-state index in [1.165, 1.54) is 83.5 Å². The van der Waals surface area contributed by atoms with Gasteiger partial charge in [0.25, 0.3) is 10.1 Å². The Labute approximate surface area is 363 Å². The van der Waals surface area contributed by atoms with Gasteiger partial charge in [-0.25, -0.2) is 0 Å². The summed E-state index contributed by atoms with van der Waals surface area (Å²) in [5, 5.41) is 30.9. The molecule has 0 aromatic rings. The van der Waals surface area contributed by atoms with Crippen LogP contribution in [0.25, 0.3) is 0 Å². The van der Waals surface area contributed by atoms with Crippen LogP contribution in [-0.4, -0.2) is 96.0 Å². The van der Waals surface area contributed by atoms with Gasteiger partial charge in [0.2, 0.25) is 0 Å². The molecular formula is C47H84O12S. The van der Waals surface area contributed by atoms with Crippen LogP contribution >= 0.6 is 0 Å². The van der Waals surface area contributed by atoms with Crippen LogP contribution in [0.2, 0.25) is 0 Å². The molecule has 0 amide bonds. The molecule has 0 aromatic heterocycles. The molecule has 13 heteroatoms. The van der Waals surface area contributed by atoms with E-state index in [9.17, 15) is 37.9 Å². The van der Waals surface area contributed by atoms with Gasteiger partial charge < -0.3 is 34.3 Å². The summed E-state index contributed by atoms with van der Waals surface area (Å²) in [5.74, 6) is -2.00. The number of aliphatic hydroxyl groups is 3. The van der Waals surface area contributed by atoms with Crippen LogP contribution < -0.4 is 0 Å². The molecule has 1 heterocycles. The monoisotopic (exact) mass is 873 g/mol. The molecule has 350 valence electrons. The Hall–Kier alpha value is -2.13. The summed E-state index contributed by atoms with van der Waals surface area (Å²) in [4.78, 5) is 25.4. The summed E-state index contributed by atoms with van der Waals surface area (Å²) >= 11 is 0. The second kappa shape index (κ2) is 37.4. The molecule has 1 aliphatic heterocycles. The molecule has 4 N–H and O–H groups in total. The van der Waals surface area contributed by atoms with E-state index in [4.69, 9.17) is 18.9 Å². The number of aliphatic hydroxyl groups excluding tert-OH is 3. The zero-order chi connectivity index (χ0) is 44.1. The largest absolute Gasteiger partial charge is 0.462 e. The maximum absolute atomic E-state index is 12.8. The fraction of sp³-hybridized carbons (Fsp3) is 0.830. The minimum Gasteiger partial charge on any atom is -0.462 e. The van der Waals surface area contributed by atoms with E-state index in [2.05, 4.69) is 50.3 Å². The van der Waals surface area contributed by atoms with Gasteiger partial charge in [0.15, 0.2) is 12.4 Å². The summed E-state index contributed by atoms with van der Waals surface area (Å²) in [6, 6.07) is 0. The van der Waals surface area contributed by atoms with Crippen molar-refractivity contribution in [2.75, 3.05) is 19.0 Å². The van der Waals surface area contributed by atoms with Crippen molar-refractivity contribution in [3.8, 4) is 0 Å². The number of allylic oxidation sites excluding steroid dienone is 6. The van der Waals surface area contributed by atoms with Crippen molar-refractivity contribution in [1.29, 1.82) is 0 Å². The number of hydrogen-bond donors (Lipinski definition) is 4. The zero-order valence-corrected chi connectivity index (χ0v) is 38.1. The first-order valence-electron chi connectivity index (χ1n) is 23.5. The second-order valence-electron chi connectivity index (χ2n) is 16.4. The van der Waals surface area contributed by atoms with Gasteiger partial charge in [-0.2, -0.15) is 8.42 Å². The molecule has 0 saturated carbocycles.